The minimum atomic E-state index is -0.657. The third-order valence-electron chi connectivity index (χ3n) is 5.87. The summed E-state index contributed by atoms with van der Waals surface area (Å²) in [6.45, 7) is 0. The maximum atomic E-state index is 12.7. The molecule has 0 unspecified atom stereocenters. The summed E-state index contributed by atoms with van der Waals surface area (Å²) < 4.78 is 0. The molecule has 0 saturated carbocycles. The number of amides is 4. The Labute approximate surface area is 259 Å². The molecule has 0 aromatic heterocycles. The van der Waals surface area contributed by atoms with Crippen molar-refractivity contribution in [2.24, 2.45) is 9.98 Å². The first-order valence-electron chi connectivity index (χ1n) is 12.5. The average Bonchev–Trinajstić information content (AvgIpc) is 3.46. The first kappa shape index (κ1) is 29.6. The van der Waals surface area contributed by atoms with Gasteiger partial charge in [-0.2, -0.15) is 0 Å². The Morgan fingerprint density at radius 1 is 0.690 bits per heavy atom. The van der Waals surface area contributed by atoms with Crippen molar-refractivity contribution in [1.82, 2.24) is 10.6 Å². The largest absolute Gasteiger partial charge is 0.326 e. The number of carbonyl (C=O) groups excluding carboxylic acids is 4. The second-order valence-corrected chi connectivity index (χ2v) is 12.2. The van der Waals surface area contributed by atoms with Crippen molar-refractivity contribution >= 4 is 103 Å². The Bertz CT molecular complexity index is 1520. The molecule has 10 nitrogen and oxygen atoms in total. The number of hydrogen-bond donors (Lipinski definition) is 4. The van der Waals surface area contributed by atoms with Crippen LogP contribution in [0, 0.1) is 0 Å². The molecule has 14 heteroatoms. The van der Waals surface area contributed by atoms with Crippen LogP contribution in [0.2, 0.25) is 10.0 Å². The molecule has 0 spiro atoms. The summed E-state index contributed by atoms with van der Waals surface area (Å²) in [6, 6.07) is 20.6. The first-order valence-corrected chi connectivity index (χ1v) is 15.1. The van der Waals surface area contributed by atoms with E-state index in [9.17, 15) is 19.2 Å². The maximum absolute atomic E-state index is 12.7. The van der Waals surface area contributed by atoms with Crippen LogP contribution in [-0.2, 0) is 19.2 Å². The molecule has 2 aliphatic rings. The number of rotatable bonds is 8. The van der Waals surface area contributed by atoms with Crippen LogP contribution in [0.4, 0.5) is 22.7 Å². The lowest BCUT2D eigenvalue weighted by Crippen LogP contribution is -2.28. The van der Waals surface area contributed by atoms with Gasteiger partial charge >= 0.3 is 0 Å². The molecule has 2 atom stereocenters. The Morgan fingerprint density at radius 3 is 1.55 bits per heavy atom. The Kier molecular flexibility index (Phi) is 9.48. The predicted molar refractivity (Wildman–Crippen MR) is 169 cm³/mol. The summed E-state index contributed by atoms with van der Waals surface area (Å²) in [4.78, 5) is 58.9. The number of thioether (sulfide) groups is 2. The van der Waals surface area contributed by atoms with Crippen LogP contribution in [-0.4, -0.2) is 44.5 Å². The molecule has 214 valence electrons. The van der Waals surface area contributed by atoms with Crippen LogP contribution in [0.1, 0.15) is 12.8 Å². The predicted octanol–water partition coefficient (Wildman–Crippen LogP) is 5.49. The molecule has 3 aromatic rings. The van der Waals surface area contributed by atoms with E-state index in [2.05, 4.69) is 31.3 Å². The van der Waals surface area contributed by atoms with Gasteiger partial charge in [0.2, 0.25) is 23.6 Å². The highest BCUT2D eigenvalue weighted by atomic mass is 35.5. The molecule has 4 N–H and O–H groups in total. The zero-order valence-corrected chi connectivity index (χ0v) is 24.7. The lowest BCUT2D eigenvalue weighted by Gasteiger charge is -2.11. The van der Waals surface area contributed by atoms with E-state index in [-0.39, 0.29) is 36.5 Å². The van der Waals surface area contributed by atoms with Gasteiger partial charge in [-0.05, 0) is 42.5 Å². The second kappa shape index (κ2) is 13.4. The van der Waals surface area contributed by atoms with Gasteiger partial charge in [0, 0.05) is 24.2 Å². The van der Waals surface area contributed by atoms with E-state index >= 15 is 0 Å². The van der Waals surface area contributed by atoms with Crippen molar-refractivity contribution in [3.05, 3.63) is 82.8 Å². The van der Waals surface area contributed by atoms with Gasteiger partial charge in [-0.1, -0.05) is 77.1 Å². The van der Waals surface area contributed by atoms with Gasteiger partial charge in [0.05, 0.1) is 21.4 Å². The van der Waals surface area contributed by atoms with E-state index in [1.54, 1.807) is 72.8 Å². The number of amidine groups is 2. The van der Waals surface area contributed by atoms with Crippen molar-refractivity contribution in [3.8, 4) is 0 Å². The van der Waals surface area contributed by atoms with Crippen molar-refractivity contribution in [2.75, 3.05) is 10.6 Å². The van der Waals surface area contributed by atoms with Gasteiger partial charge in [-0.3, -0.25) is 19.2 Å². The fourth-order valence-corrected chi connectivity index (χ4v) is 6.24. The van der Waals surface area contributed by atoms with Gasteiger partial charge in [-0.25, -0.2) is 9.98 Å². The number of carbonyl (C=O) groups is 4. The van der Waals surface area contributed by atoms with E-state index in [4.69, 9.17) is 23.2 Å². The minimum Gasteiger partial charge on any atom is -0.326 e. The third kappa shape index (κ3) is 7.71. The van der Waals surface area contributed by atoms with Gasteiger partial charge in [0.15, 0.2) is 10.3 Å². The van der Waals surface area contributed by atoms with Gasteiger partial charge < -0.3 is 21.3 Å². The maximum Gasteiger partial charge on any atom is 0.240 e. The second-order valence-electron chi connectivity index (χ2n) is 9.01. The summed E-state index contributed by atoms with van der Waals surface area (Å²) in [5.41, 5.74) is 1.91. The van der Waals surface area contributed by atoms with Crippen LogP contribution < -0.4 is 21.3 Å². The van der Waals surface area contributed by atoms with Crippen LogP contribution in [0.25, 0.3) is 0 Å². The van der Waals surface area contributed by atoms with Crippen LogP contribution in [0.15, 0.2) is 82.8 Å². The highest BCUT2D eigenvalue weighted by Gasteiger charge is 2.33. The Morgan fingerprint density at radius 2 is 1.12 bits per heavy atom. The van der Waals surface area contributed by atoms with Crippen LogP contribution in [0.3, 0.4) is 0 Å². The van der Waals surface area contributed by atoms with E-state index in [1.807, 2.05) is 0 Å². The smallest absolute Gasteiger partial charge is 0.240 e. The fraction of sp³-hybridized carbons (Fsp3) is 0.143. The molecule has 0 radical (unpaired) electrons. The number of nitrogens with one attached hydrogen (secondary N) is 4. The molecule has 2 heterocycles. The quantitative estimate of drug-likeness (QED) is 0.257. The van der Waals surface area contributed by atoms with Crippen LogP contribution in [0.5, 0.6) is 0 Å². The lowest BCUT2D eigenvalue weighted by atomic mass is 10.2. The van der Waals surface area contributed by atoms with E-state index in [0.717, 1.165) is 23.5 Å². The molecule has 2 aliphatic heterocycles. The molecule has 4 amide bonds. The summed E-state index contributed by atoms with van der Waals surface area (Å²) in [7, 11) is 0. The standard InChI is InChI=1S/C28H22Cl2N6O4S2/c29-17-8-1-3-10-19(17)33-27-35-25(39)21(41-27)13-23(37)31-15-6-5-7-16(12-15)32-24(38)14-22-26(40)36-28(42-22)34-20-11-4-2-9-18(20)30/h1-12,21-22H,13-14H2,(H,31,37)(H,32,38)(H,33,35,39)(H,34,36,40)/t21-,22+. The van der Waals surface area contributed by atoms with E-state index in [1.165, 1.54) is 0 Å². The van der Waals surface area contributed by atoms with Crippen molar-refractivity contribution in [1.29, 1.82) is 0 Å². The van der Waals surface area contributed by atoms with Crippen molar-refractivity contribution in [3.63, 3.8) is 0 Å². The molecule has 2 fully saturated rings. The molecule has 0 aliphatic carbocycles. The van der Waals surface area contributed by atoms with E-state index < -0.39 is 10.5 Å². The summed E-state index contributed by atoms with van der Waals surface area (Å²) in [5, 5.41) is 11.2. The number of hydrogen-bond acceptors (Lipinski definition) is 8. The number of para-hydroxylation sites is 2. The van der Waals surface area contributed by atoms with Gasteiger partial charge in [0.1, 0.15) is 10.5 Å². The zero-order valence-electron chi connectivity index (χ0n) is 21.6. The number of aliphatic imine (C=N–C) groups is 2. The molecular formula is C28H22Cl2N6O4S2. The molecule has 2 saturated heterocycles. The highest BCUT2D eigenvalue weighted by Crippen LogP contribution is 2.31. The molecule has 0 bridgehead atoms. The topological polar surface area (TPSA) is 141 Å². The molecule has 42 heavy (non-hydrogen) atoms. The van der Waals surface area contributed by atoms with Crippen molar-refractivity contribution < 1.29 is 19.2 Å². The van der Waals surface area contributed by atoms with Crippen molar-refractivity contribution in [2.45, 2.75) is 23.3 Å². The van der Waals surface area contributed by atoms with Crippen LogP contribution >= 0.6 is 46.7 Å². The van der Waals surface area contributed by atoms with Gasteiger partial charge in [0.25, 0.3) is 0 Å². The number of anilines is 2. The summed E-state index contributed by atoms with van der Waals surface area (Å²) >= 11 is 14.6. The monoisotopic (exact) mass is 640 g/mol. The fourth-order valence-electron chi connectivity index (χ4n) is 3.92. The normalized spacial score (nSPS) is 20.0. The molecule has 5 rings (SSSR count). The Balaban J connectivity index is 1.13. The summed E-state index contributed by atoms with van der Waals surface area (Å²) in [6.07, 6.45) is -0.165. The lowest BCUT2D eigenvalue weighted by molar-refractivity contribution is -0.122. The zero-order chi connectivity index (χ0) is 29.6. The van der Waals surface area contributed by atoms with Gasteiger partial charge in [-0.15, -0.1) is 0 Å². The number of nitrogens with zero attached hydrogens (tertiary/aromatic N) is 2. The number of benzene rings is 3. The SMILES string of the molecule is O=C(C[C@@H]1SC(=Nc2ccccc2Cl)NC1=O)Nc1cccc(NC(=O)C[C@H]2SC(=Nc3ccccc3Cl)NC2=O)c1. The Hall–Kier alpha value is -3.84. The minimum absolute atomic E-state index is 0.0826. The average molecular weight is 642 g/mol. The summed E-state index contributed by atoms with van der Waals surface area (Å²) in [5.74, 6) is -1.41. The highest BCUT2D eigenvalue weighted by molar-refractivity contribution is 8.16. The van der Waals surface area contributed by atoms with E-state index in [0.29, 0.717) is 43.1 Å². The molecule has 3 aromatic carbocycles. The number of halogens is 2. The first-order chi connectivity index (χ1) is 20.2. The third-order valence-corrected chi connectivity index (χ3v) is 8.68. The molecular weight excluding hydrogens is 619 g/mol.